The van der Waals surface area contributed by atoms with Crippen molar-refractivity contribution in [3.8, 4) is 17.2 Å². The van der Waals surface area contributed by atoms with Crippen LogP contribution in [0, 0.1) is 10.1 Å². The van der Waals surface area contributed by atoms with Crippen molar-refractivity contribution in [2.24, 2.45) is 0 Å². The molecule has 2 aromatic carbocycles. The molecule has 1 aliphatic rings. The van der Waals surface area contributed by atoms with Gasteiger partial charge in [-0.25, -0.2) is 0 Å². The second kappa shape index (κ2) is 8.65. The number of amides is 2. The molecule has 0 saturated carbocycles. The zero-order valence-electron chi connectivity index (χ0n) is 15.2. The summed E-state index contributed by atoms with van der Waals surface area (Å²) in [7, 11) is 1.19. The molecule has 0 spiro atoms. The molecule has 1 fully saturated rings. The minimum Gasteiger partial charge on any atom is -0.504 e. The number of ether oxygens (including phenoxy) is 2. The summed E-state index contributed by atoms with van der Waals surface area (Å²) < 4.78 is 10.4. The summed E-state index contributed by atoms with van der Waals surface area (Å²) in [5, 5.41) is 20.7. The number of rotatable bonds is 7. The first kappa shape index (κ1) is 20.2. The Kier molecular flexibility index (Phi) is 6.03. The molecule has 1 heterocycles. The van der Waals surface area contributed by atoms with Crippen molar-refractivity contribution < 1.29 is 29.1 Å². The van der Waals surface area contributed by atoms with E-state index in [9.17, 15) is 24.8 Å². The Morgan fingerprint density at radius 3 is 2.59 bits per heavy atom. The first-order chi connectivity index (χ1) is 13.9. The zero-order valence-corrected chi connectivity index (χ0v) is 16.0. The number of nitrogens with zero attached hydrogens (tertiary/aromatic N) is 2. The van der Waals surface area contributed by atoms with E-state index >= 15 is 0 Å². The Hall–Kier alpha value is -3.53. The molecule has 10 heteroatoms. The molecule has 1 N–H and O–H groups in total. The average molecular weight is 416 g/mol. The minimum absolute atomic E-state index is 0.0329. The predicted molar refractivity (Wildman–Crippen MR) is 106 cm³/mol. The van der Waals surface area contributed by atoms with E-state index in [0.29, 0.717) is 17.5 Å². The molecular weight excluding hydrogens is 400 g/mol. The maximum absolute atomic E-state index is 12.6. The van der Waals surface area contributed by atoms with Crippen LogP contribution in [0.15, 0.2) is 47.4 Å². The molecule has 150 valence electrons. The number of para-hydroxylation sites is 1. The standard InChI is InChI=1S/C19H16N2O7S/c1-27-17-14(22)8-7-12(16(17)21(25)26)11-15-18(23)20(19(24)29-15)9-10-28-13-5-3-2-4-6-13/h2-8,11,22H,9-10H2,1H3/b15-11-. The van der Waals surface area contributed by atoms with E-state index in [1.165, 1.54) is 25.3 Å². The lowest BCUT2D eigenvalue weighted by Gasteiger charge is -2.13. The lowest BCUT2D eigenvalue weighted by Crippen LogP contribution is -2.32. The van der Waals surface area contributed by atoms with Gasteiger partial charge in [0.15, 0.2) is 5.75 Å². The quantitative estimate of drug-likeness (QED) is 0.414. The number of nitro groups is 1. The Labute approximate surface area is 169 Å². The van der Waals surface area contributed by atoms with Gasteiger partial charge in [-0.1, -0.05) is 18.2 Å². The maximum Gasteiger partial charge on any atom is 0.322 e. The smallest absolute Gasteiger partial charge is 0.322 e. The van der Waals surface area contributed by atoms with Gasteiger partial charge in [0, 0.05) is 0 Å². The van der Waals surface area contributed by atoms with Gasteiger partial charge >= 0.3 is 5.69 Å². The highest BCUT2D eigenvalue weighted by Crippen LogP contribution is 2.41. The first-order valence-electron chi connectivity index (χ1n) is 8.40. The molecule has 0 atom stereocenters. The number of carbonyl (C=O) groups excluding carboxylic acids is 2. The van der Waals surface area contributed by atoms with Gasteiger partial charge in [0.05, 0.1) is 29.0 Å². The summed E-state index contributed by atoms with van der Waals surface area (Å²) >= 11 is 0.678. The van der Waals surface area contributed by atoms with Crippen LogP contribution in [0.2, 0.25) is 0 Å². The van der Waals surface area contributed by atoms with Crippen molar-refractivity contribution in [2.75, 3.05) is 20.3 Å². The number of phenols is 1. The van der Waals surface area contributed by atoms with Crippen molar-refractivity contribution in [1.82, 2.24) is 4.90 Å². The van der Waals surface area contributed by atoms with Crippen LogP contribution < -0.4 is 9.47 Å². The number of benzene rings is 2. The summed E-state index contributed by atoms with van der Waals surface area (Å²) in [5.74, 6) is -0.679. The van der Waals surface area contributed by atoms with Crippen LogP contribution in [0.4, 0.5) is 10.5 Å². The van der Waals surface area contributed by atoms with Crippen molar-refractivity contribution in [3.63, 3.8) is 0 Å². The average Bonchev–Trinajstić information content (AvgIpc) is 2.97. The molecule has 0 unspecified atom stereocenters. The van der Waals surface area contributed by atoms with E-state index in [1.54, 1.807) is 24.3 Å². The van der Waals surface area contributed by atoms with E-state index in [4.69, 9.17) is 9.47 Å². The number of imide groups is 1. The van der Waals surface area contributed by atoms with Gasteiger partial charge in [-0.05, 0) is 42.1 Å². The molecule has 0 aliphatic carbocycles. The molecule has 29 heavy (non-hydrogen) atoms. The molecule has 2 amide bonds. The van der Waals surface area contributed by atoms with Crippen LogP contribution in [0.1, 0.15) is 5.56 Å². The number of phenolic OH excluding ortho intramolecular Hbond substituents is 1. The van der Waals surface area contributed by atoms with Gasteiger partial charge in [-0.15, -0.1) is 0 Å². The van der Waals surface area contributed by atoms with Gasteiger partial charge in [0.1, 0.15) is 12.4 Å². The molecule has 2 aromatic rings. The highest BCUT2D eigenvalue weighted by molar-refractivity contribution is 8.18. The largest absolute Gasteiger partial charge is 0.504 e. The third kappa shape index (κ3) is 4.32. The fraction of sp³-hybridized carbons (Fsp3) is 0.158. The first-order valence-corrected chi connectivity index (χ1v) is 9.21. The van der Waals surface area contributed by atoms with E-state index in [-0.39, 0.29) is 29.4 Å². The molecule has 1 aliphatic heterocycles. The van der Waals surface area contributed by atoms with E-state index < -0.39 is 27.5 Å². The highest BCUT2D eigenvalue weighted by atomic mass is 32.2. The summed E-state index contributed by atoms with van der Waals surface area (Å²) in [6.45, 7) is 0.153. The summed E-state index contributed by atoms with van der Waals surface area (Å²) in [5.41, 5.74) is -0.456. The molecule has 3 rings (SSSR count). The summed E-state index contributed by atoms with van der Waals surface area (Å²) in [4.78, 5) is 36.5. The van der Waals surface area contributed by atoms with Gasteiger partial charge in [-0.2, -0.15) is 0 Å². The van der Waals surface area contributed by atoms with Crippen LogP contribution in [0.5, 0.6) is 17.2 Å². The fourth-order valence-electron chi connectivity index (χ4n) is 2.69. The molecule has 1 saturated heterocycles. The van der Waals surface area contributed by atoms with Gasteiger partial charge in [0.25, 0.3) is 11.1 Å². The monoisotopic (exact) mass is 416 g/mol. The Morgan fingerprint density at radius 1 is 1.21 bits per heavy atom. The molecule has 0 aromatic heterocycles. The minimum atomic E-state index is -0.720. The highest BCUT2D eigenvalue weighted by Gasteiger charge is 2.36. The predicted octanol–water partition coefficient (Wildman–Crippen LogP) is 3.42. The zero-order chi connectivity index (χ0) is 21.0. The second-order valence-electron chi connectivity index (χ2n) is 5.81. The second-order valence-corrected chi connectivity index (χ2v) is 6.80. The Morgan fingerprint density at radius 2 is 1.93 bits per heavy atom. The molecule has 0 radical (unpaired) electrons. The lowest BCUT2D eigenvalue weighted by atomic mass is 10.1. The molecule has 0 bridgehead atoms. The van der Waals surface area contributed by atoms with Crippen molar-refractivity contribution in [1.29, 1.82) is 0 Å². The van der Waals surface area contributed by atoms with Crippen LogP contribution in [0.25, 0.3) is 6.08 Å². The number of methoxy groups -OCH3 is 1. The molecular formula is C19H16N2O7S. The number of nitro benzene ring substituents is 1. The van der Waals surface area contributed by atoms with Crippen molar-refractivity contribution in [3.05, 3.63) is 63.0 Å². The normalized spacial score (nSPS) is 15.1. The number of hydrogen-bond donors (Lipinski definition) is 1. The van der Waals surface area contributed by atoms with E-state index in [2.05, 4.69) is 0 Å². The number of thioether (sulfide) groups is 1. The van der Waals surface area contributed by atoms with Crippen LogP contribution in [-0.4, -0.2) is 46.3 Å². The van der Waals surface area contributed by atoms with Gasteiger partial charge in [-0.3, -0.25) is 24.6 Å². The number of hydrogen-bond acceptors (Lipinski definition) is 8. The van der Waals surface area contributed by atoms with Crippen LogP contribution in [-0.2, 0) is 4.79 Å². The maximum atomic E-state index is 12.6. The van der Waals surface area contributed by atoms with Gasteiger partial charge in [0.2, 0.25) is 5.75 Å². The Bertz CT molecular complexity index is 992. The van der Waals surface area contributed by atoms with Gasteiger partial charge < -0.3 is 14.6 Å². The summed E-state index contributed by atoms with van der Waals surface area (Å²) in [6, 6.07) is 11.5. The fourth-order valence-corrected chi connectivity index (χ4v) is 3.54. The third-order valence-corrected chi connectivity index (χ3v) is 4.92. The van der Waals surface area contributed by atoms with Crippen LogP contribution in [0.3, 0.4) is 0 Å². The lowest BCUT2D eigenvalue weighted by molar-refractivity contribution is -0.386. The summed E-state index contributed by atoms with van der Waals surface area (Å²) in [6.07, 6.45) is 1.24. The van der Waals surface area contributed by atoms with E-state index in [0.717, 1.165) is 4.90 Å². The number of carbonyl (C=O) groups is 2. The van der Waals surface area contributed by atoms with E-state index in [1.807, 2.05) is 6.07 Å². The van der Waals surface area contributed by atoms with Crippen molar-refractivity contribution in [2.45, 2.75) is 0 Å². The SMILES string of the molecule is COc1c(O)ccc(/C=C2\SC(=O)N(CCOc3ccccc3)C2=O)c1[N+](=O)[O-]. The Balaban J connectivity index is 1.79. The molecule has 9 nitrogen and oxygen atoms in total. The topological polar surface area (TPSA) is 119 Å². The number of aromatic hydroxyl groups is 1. The third-order valence-electron chi connectivity index (χ3n) is 4.02. The van der Waals surface area contributed by atoms with Crippen LogP contribution >= 0.6 is 11.8 Å². The van der Waals surface area contributed by atoms with Crippen molar-refractivity contribution >= 4 is 34.7 Å².